The SMILES string of the molecule is NC(=O)C1(c2cccc(Cl)c2)CCCCN1. The molecule has 1 atom stereocenters. The number of benzene rings is 1. The van der Waals surface area contributed by atoms with Gasteiger partial charge >= 0.3 is 0 Å². The molecule has 86 valence electrons. The zero-order valence-corrected chi connectivity index (χ0v) is 9.76. The van der Waals surface area contributed by atoms with Crippen molar-refractivity contribution in [3.05, 3.63) is 34.9 Å². The van der Waals surface area contributed by atoms with Crippen molar-refractivity contribution in [3.63, 3.8) is 0 Å². The van der Waals surface area contributed by atoms with Crippen molar-refractivity contribution in [2.45, 2.75) is 24.8 Å². The molecular weight excluding hydrogens is 224 g/mol. The molecule has 0 saturated carbocycles. The molecule has 1 unspecified atom stereocenters. The maximum Gasteiger partial charge on any atom is 0.242 e. The first kappa shape index (κ1) is 11.4. The highest BCUT2D eigenvalue weighted by molar-refractivity contribution is 6.30. The van der Waals surface area contributed by atoms with Gasteiger partial charge in [0.2, 0.25) is 5.91 Å². The molecule has 1 heterocycles. The number of halogens is 1. The lowest BCUT2D eigenvalue weighted by Gasteiger charge is -2.36. The minimum absolute atomic E-state index is 0.325. The highest BCUT2D eigenvalue weighted by Gasteiger charge is 2.39. The van der Waals surface area contributed by atoms with Crippen LogP contribution in [0.3, 0.4) is 0 Å². The quantitative estimate of drug-likeness (QED) is 0.826. The maximum absolute atomic E-state index is 11.7. The molecule has 1 aromatic rings. The molecule has 0 aromatic heterocycles. The molecule has 0 bridgehead atoms. The van der Waals surface area contributed by atoms with Crippen LogP contribution in [0.2, 0.25) is 5.02 Å². The maximum atomic E-state index is 11.7. The van der Waals surface area contributed by atoms with Crippen molar-refractivity contribution in [2.75, 3.05) is 6.54 Å². The van der Waals surface area contributed by atoms with Gasteiger partial charge < -0.3 is 5.73 Å². The summed E-state index contributed by atoms with van der Waals surface area (Å²) in [6.07, 6.45) is 2.82. The predicted octanol–water partition coefficient (Wildman–Crippen LogP) is 1.79. The molecule has 2 rings (SSSR count). The van der Waals surface area contributed by atoms with Crippen molar-refractivity contribution in [1.82, 2.24) is 5.32 Å². The fourth-order valence-electron chi connectivity index (χ4n) is 2.26. The van der Waals surface area contributed by atoms with Crippen LogP contribution in [0.1, 0.15) is 24.8 Å². The Bertz CT molecular complexity index is 400. The summed E-state index contributed by atoms with van der Waals surface area (Å²) >= 11 is 5.95. The molecule has 16 heavy (non-hydrogen) atoms. The van der Waals surface area contributed by atoms with E-state index in [1.54, 1.807) is 6.07 Å². The molecule has 1 aliphatic heterocycles. The number of carbonyl (C=O) groups is 1. The van der Waals surface area contributed by atoms with Gasteiger partial charge in [0.1, 0.15) is 5.54 Å². The van der Waals surface area contributed by atoms with Crippen LogP contribution in [-0.4, -0.2) is 12.5 Å². The monoisotopic (exact) mass is 238 g/mol. The van der Waals surface area contributed by atoms with Gasteiger partial charge in [-0.25, -0.2) is 0 Å². The number of nitrogens with one attached hydrogen (secondary N) is 1. The van der Waals surface area contributed by atoms with Gasteiger partial charge in [0, 0.05) is 5.02 Å². The molecule has 3 nitrogen and oxygen atoms in total. The van der Waals surface area contributed by atoms with Crippen LogP contribution >= 0.6 is 11.6 Å². The number of piperidine rings is 1. The summed E-state index contributed by atoms with van der Waals surface area (Å²) < 4.78 is 0. The molecule has 1 fully saturated rings. The second kappa shape index (κ2) is 4.44. The Morgan fingerprint density at radius 2 is 2.25 bits per heavy atom. The summed E-state index contributed by atoms with van der Waals surface area (Å²) in [5, 5.41) is 3.87. The standard InChI is InChI=1S/C12H15ClN2O/c13-10-5-3-4-9(8-10)12(11(14)16)6-1-2-7-15-12/h3-5,8,15H,1-2,6-7H2,(H2,14,16). The van der Waals surface area contributed by atoms with Crippen LogP contribution in [-0.2, 0) is 10.3 Å². The number of hydrogen-bond acceptors (Lipinski definition) is 2. The third kappa shape index (κ3) is 1.93. The lowest BCUT2D eigenvalue weighted by atomic mass is 9.81. The minimum Gasteiger partial charge on any atom is -0.368 e. The second-order valence-corrected chi connectivity index (χ2v) is 4.60. The van der Waals surface area contributed by atoms with Crippen LogP contribution in [0.5, 0.6) is 0 Å². The average Bonchev–Trinajstić information content (AvgIpc) is 2.30. The van der Waals surface area contributed by atoms with Crippen LogP contribution in [0, 0.1) is 0 Å². The molecule has 1 saturated heterocycles. The predicted molar refractivity (Wildman–Crippen MR) is 64.2 cm³/mol. The molecule has 1 amide bonds. The van der Waals surface area contributed by atoms with Crippen LogP contribution < -0.4 is 11.1 Å². The Labute approximate surface area is 100.0 Å². The van der Waals surface area contributed by atoms with Gasteiger partial charge in [0.15, 0.2) is 0 Å². The van der Waals surface area contributed by atoms with Crippen molar-refractivity contribution < 1.29 is 4.79 Å². The van der Waals surface area contributed by atoms with E-state index in [9.17, 15) is 4.79 Å². The van der Waals surface area contributed by atoms with Gasteiger partial charge in [-0.05, 0) is 43.5 Å². The fourth-order valence-corrected chi connectivity index (χ4v) is 2.45. The van der Waals surface area contributed by atoms with Gasteiger partial charge in [-0.2, -0.15) is 0 Å². The number of hydrogen-bond donors (Lipinski definition) is 2. The minimum atomic E-state index is -0.733. The Morgan fingerprint density at radius 3 is 2.81 bits per heavy atom. The van der Waals surface area contributed by atoms with E-state index >= 15 is 0 Å². The summed E-state index contributed by atoms with van der Waals surface area (Å²) in [6.45, 7) is 0.815. The van der Waals surface area contributed by atoms with Crippen molar-refractivity contribution in [3.8, 4) is 0 Å². The largest absolute Gasteiger partial charge is 0.368 e. The van der Waals surface area contributed by atoms with E-state index in [0.717, 1.165) is 31.4 Å². The van der Waals surface area contributed by atoms with E-state index in [1.165, 1.54) is 0 Å². The lowest BCUT2D eigenvalue weighted by molar-refractivity contribution is -0.125. The zero-order chi connectivity index (χ0) is 11.6. The van der Waals surface area contributed by atoms with Crippen molar-refractivity contribution in [2.24, 2.45) is 5.73 Å². The number of nitrogens with two attached hydrogens (primary N) is 1. The van der Waals surface area contributed by atoms with Crippen LogP contribution in [0.15, 0.2) is 24.3 Å². The van der Waals surface area contributed by atoms with E-state index in [1.807, 2.05) is 18.2 Å². The Kier molecular flexibility index (Phi) is 3.17. The summed E-state index contributed by atoms with van der Waals surface area (Å²) in [7, 11) is 0. The highest BCUT2D eigenvalue weighted by atomic mass is 35.5. The summed E-state index contributed by atoms with van der Waals surface area (Å²) in [4.78, 5) is 11.7. The Morgan fingerprint density at radius 1 is 1.44 bits per heavy atom. The number of primary amides is 1. The summed E-state index contributed by atoms with van der Waals surface area (Å²) in [5.74, 6) is -0.325. The van der Waals surface area contributed by atoms with E-state index < -0.39 is 5.54 Å². The average molecular weight is 239 g/mol. The van der Waals surface area contributed by atoms with Gasteiger partial charge in [0.05, 0.1) is 0 Å². The topological polar surface area (TPSA) is 55.1 Å². The molecule has 0 spiro atoms. The van der Waals surface area contributed by atoms with Crippen LogP contribution in [0.4, 0.5) is 0 Å². The number of amides is 1. The normalized spacial score (nSPS) is 25.3. The van der Waals surface area contributed by atoms with Crippen molar-refractivity contribution in [1.29, 1.82) is 0 Å². The first-order chi connectivity index (χ1) is 7.65. The van der Waals surface area contributed by atoms with Crippen LogP contribution in [0.25, 0.3) is 0 Å². The van der Waals surface area contributed by atoms with E-state index in [-0.39, 0.29) is 5.91 Å². The summed E-state index contributed by atoms with van der Waals surface area (Å²) in [5.41, 5.74) is 5.67. The summed E-state index contributed by atoms with van der Waals surface area (Å²) in [6, 6.07) is 7.35. The van der Waals surface area contributed by atoms with E-state index in [2.05, 4.69) is 5.32 Å². The molecular formula is C12H15ClN2O. The Hall–Kier alpha value is -1.06. The molecule has 4 heteroatoms. The van der Waals surface area contributed by atoms with Gasteiger partial charge in [-0.15, -0.1) is 0 Å². The Balaban J connectivity index is 2.42. The third-order valence-corrected chi connectivity index (χ3v) is 3.38. The molecule has 0 aliphatic carbocycles. The zero-order valence-electron chi connectivity index (χ0n) is 9.00. The second-order valence-electron chi connectivity index (χ2n) is 4.16. The first-order valence-electron chi connectivity index (χ1n) is 5.46. The highest BCUT2D eigenvalue weighted by Crippen LogP contribution is 2.31. The number of carbonyl (C=O) groups excluding carboxylic acids is 1. The molecule has 1 aliphatic rings. The van der Waals surface area contributed by atoms with Gasteiger partial charge in [-0.1, -0.05) is 23.7 Å². The fraction of sp³-hybridized carbons (Fsp3) is 0.417. The first-order valence-corrected chi connectivity index (χ1v) is 5.84. The van der Waals surface area contributed by atoms with Gasteiger partial charge in [-0.3, -0.25) is 10.1 Å². The third-order valence-electron chi connectivity index (χ3n) is 3.14. The molecule has 1 aromatic carbocycles. The van der Waals surface area contributed by atoms with E-state index in [0.29, 0.717) is 5.02 Å². The number of rotatable bonds is 2. The van der Waals surface area contributed by atoms with E-state index in [4.69, 9.17) is 17.3 Å². The smallest absolute Gasteiger partial charge is 0.242 e. The van der Waals surface area contributed by atoms with Crippen molar-refractivity contribution >= 4 is 17.5 Å². The van der Waals surface area contributed by atoms with Gasteiger partial charge in [0.25, 0.3) is 0 Å². The lowest BCUT2D eigenvalue weighted by Crippen LogP contribution is -2.54. The molecule has 3 N–H and O–H groups in total. The molecule has 0 radical (unpaired) electrons.